The predicted octanol–water partition coefficient (Wildman–Crippen LogP) is 5.38. The van der Waals surface area contributed by atoms with Gasteiger partial charge >= 0.3 is 6.09 Å². The van der Waals surface area contributed by atoms with E-state index in [1.165, 1.54) is 25.4 Å². The number of ether oxygens (including phenoxy) is 1. The Labute approximate surface area is 177 Å². The fourth-order valence-electron chi connectivity index (χ4n) is 3.10. The molecule has 0 bridgehead atoms. The van der Waals surface area contributed by atoms with Crippen LogP contribution in [0.25, 0.3) is 0 Å². The molecule has 0 fully saturated rings. The number of carbonyl (C=O) groups excluding carboxylic acids is 1. The van der Waals surface area contributed by atoms with E-state index in [1.54, 1.807) is 42.5 Å². The molecule has 1 amide bonds. The van der Waals surface area contributed by atoms with Crippen molar-refractivity contribution < 1.29 is 23.8 Å². The quantitative estimate of drug-likeness (QED) is 0.493. The maximum Gasteiger partial charge on any atom is 0.409 e. The molecule has 3 aromatic rings. The molecule has 1 aromatic heterocycles. The first-order valence-electron chi connectivity index (χ1n) is 8.96. The van der Waals surface area contributed by atoms with Crippen LogP contribution < -0.4 is 10.1 Å². The van der Waals surface area contributed by atoms with Crippen LogP contribution >= 0.6 is 11.6 Å². The van der Waals surface area contributed by atoms with Gasteiger partial charge in [-0.1, -0.05) is 35.9 Å². The summed E-state index contributed by atoms with van der Waals surface area (Å²) in [5.74, 6) is -1.10. The normalized spacial score (nSPS) is 11.6. The molecule has 154 valence electrons. The van der Waals surface area contributed by atoms with Crippen LogP contribution in [0.2, 0.25) is 5.02 Å². The molecule has 1 atom stereocenters. The van der Waals surface area contributed by atoms with Crippen molar-refractivity contribution in [2.75, 3.05) is 12.4 Å². The Bertz CT molecular complexity index is 1070. The number of amides is 1. The minimum Gasteiger partial charge on any atom is -0.481 e. The van der Waals surface area contributed by atoms with Crippen molar-refractivity contribution in [1.82, 2.24) is 4.98 Å². The third-order valence-corrected chi connectivity index (χ3v) is 4.92. The van der Waals surface area contributed by atoms with Crippen molar-refractivity contribution >= 4 is 29.2 Å². The molecule has 3 rings (SSSR count). The smallest absolute Gasteiger partial charge is 0.409 e. The van der Waals surface area contributed by atoms with E-state index in [4.69, 9.17) is 21.4 Å². The van der Waals surface area contributed by atoms with Crippen molar-refractivity contribution in [2.24, 2.45) is 0 Å². The van der Waals surface area contributed by atoms with E-state index in [9.17, 15) is 14.0 Å². The third-order valence-electron chi connectivity index (χ3n) is 4.57. The monoisotopic (exact) mass is 428 g/mol. The minimum absolute atomic E-state index is 0.0168. The molecule has 6 nitrogen and oxygen atoms in total. The highest BCUT2D eigenvalue weighted by Crippen LogP contribution is 2.35. The van der Waals surface area contributed by atoms with Gasteiger partial charge in [-0.3, -0.25) is 10.1 Å². The van der Waals surface area contributed by atoms with E-state index in [-0.39, 0.29) is 17.9 Å². The summed E-state index contributed by atoms with van der Waals surface area (Å²) in [6.45, 7) is 0. The summed E-state index contributed by atoms with van der Waals surface area (Å²) < 4.78 is 19.5. The minimum atomic E-state index is -1.37. The predicted molar refractivity (Wildman–Crippen MR) is 111 cm³/mol. The number of methoxy groups -OCH3 is 1. The molecule has 0 aliphatic carbocycles. The number of rotatable bonds is 7. The number of nitrogens with one attached hydrogen (secondary N) is 1. The standard InChI is InChI=1S/C22H18ClFN2O4/c1-30-21-9-7-14(12-25-21)20(27)11-16(15-4-2-3-5-17(15)23)13-6-8-19(18(24)10-13)26-22(28)29/h2-10,12,16,26H,11H2,1H3,(H,28,29). The summed E-state index contributed by atoms with van der Waals surface area (Å²) in [4.78, 5) is 27.8. The van der Waals surface area contributed by atoms with Gasteiger partial charge in [-0.25, -0.2) is 14.2 Å². The lowest BCUT2D eigenvalue weighted by molar-refractivity contribution is 0.0977. The van der Waals surface area contributed by atoms with Crippen LogP contribution in [0.5, 0.6) is 5.88 Å². The number of carbonyl (C=O) groups is 2. The molecule has 0 saturated heterocycles. The molecule has 8 heteroatoms. The van der Waals surface area contributed by atoms with Crippen LogP contribution in [-0.2, 0) is 0 Å². The highest BCUT2D eigenvalue weighted by Gasteiger charge is 2.23. The van der Waals surface area contributed by atoms with Crippen molar-refractivity contribution in [1.29, 1.82) is 0 Å². The molecule has 0 aliphatic rings. The highest BCUT2D eigenvalue weighted by atomic mass is 35.5. The Kier molecular flexibility index (Phi) is 6.64. The molecule has 0 aliphatic heterocycles. The Morgan fingerprint density at radius 3 is 2.57 bits per heavy atom. The summed E-state index contributed by atoms with van der Waals surface area (Å²) in [6.07, 6.45) is 0.0697. The number of anilines is 1. The lowest BCUT2D eigenvalue weighted by Crippen LogP contribution is -2.12. The average molecular weight is 429 g/mol. The number of Topliss-reactive ketones (excluding diaryl/α,β-unsaturated/α-hetero) is 1. The van der Waals surface area contributed by atoms with Gasteiger partial charge in [0.1, 0.15) is 5.82 Å². The summed E-state index contributed by atoms with van der Waals surface area (Å²) in [5.41, 5.74) is 1.37. The van der Waals surface area contributed by atoms with Crippen molar-refractivity contribution in [3.8, 4) is 5.88 Å². The van der Waals surface area contributed by atoms with Gasteiger partial charge in [-0.2, -0.15) is 0 Å². The fourth-order valence-corrected chi connectivity index (χ4v) is 3.37. The molecule has 0 radical (unpaired) electrons. The van der Waals surface area contributed by atoms with Crippen LogP contribution in [0, 0.1) is 5.82 Å². The Morgan fingerprint density at radius 1 is 1.20 bits per heavy atom. The van der Waals surface area contributed by atoms with Gasteiger partial charge < -0.3 is 9.84 Å². The van der Waals surface area contributed by atoms with Gasteiger partial charge in [0, 0.05) is 35.2 Å². The number of benzene rings is 2. The van der Waals surface area contributed by atoms with Crippen molar-refractivity contribution in [3.05, 3.63) is 88.3 Å². The Hall–Kier alpha value is -3.45. The van der Waals surface area contributed by atoms with E-state index in [2.05, 4.69) is 4.98 Å². The van der Waals surface area contributed by atoms with Gasteiger partial charge in [-0.05, 0) is 35.4 Å². The average Bonchev–Trinajstić information content (AvgIpc) is 2.74. The number of nitrogens with zero attached hydrogens (tertiary/aromatic N) is 1. The van der Waals surface area contributed by atoms with Gasteiger partial charge in [0.15, 0.2) is 5.78 Å². The number of halogens is 2. The van der Waals surface area contributed by atoms with Crippen LogP contribution in [0.4, 0.5) is 14.9 Å². The third kappa shape index (κ3) is 4.93. The van der Waals surface area contributed by atoms with Gasteiger partial charge in [0.2, 0.25) is 5.88 Å². The van der Waals surface area contributed by atoms with Crippen molar-refractivity contribution in [2.45, 2.75) is 12.3 Å². The van der Waals surface area contributed by atoms with E-state index in [1.807, 2.05) is 5.32 Å². The summed E-state index contributed by atoms with van der Waals surface area (Å²) in [6, 6.07) is 14.3. The summed E-state index contributed by atoms with van der Waals surface area (Å²) in [7, 11) is 1.48. The highest BCUT2D eigenvalue weighted by molar-refractivity contribution is 6.31. The van der Waals surface area contributed by atoms with E-state index in [0.717, 1.165) is 0 Å². The molecule has 0 spiro atoms. The zero-order valence-electron chi connectivity index (χ0n) is 15.9. The number of ketones is 1. The van der Waals surface area contributed by atoms with Gasteiger partial charge in [-0.15, -0.1) is 0 Å². The lowest BCUT2D eigenvalue weighted by atomic mass is 9.85. The summed E-state index contributed by atoms with van der Waals surface area (Å²) >= 11 is 6.35. The van der Waals surface area contributed by atoms with Crippen LogP contribution in [0.1, 0.15) is 33.8 Å². The van der Waals surface area contributed by atoms with Crippen LogP contribution in [0.15, 0.2) is 60.8 Å². The second-order valence-corrected chi connectivity index (χ2v) is 6.87. The lowest BCUT2D eigenvalue weighted by Gasteiger charge is -2.19. The maximum absolute atomic E-state index is 14.5. The van der Waals surface area contributed by atoms with E-state index in [0.29, 0.717) is 27.6 Å². The molecule has 1 heterocycles. The van der Waals surface area contributed by atoms with Gasteiger partial charge in [0.05, 0.1) is 12.8 Å². The maximum atomic E-state index is 14.5. The first-order chi connectivity index (χ1) is 14.4. The van der Waals surface area contributed by atoms with Crippen LogP contribution in [0.3, 0.4) is 0 Å². The zero-order valence-corrected chi connectivity index (χ0v) is 16.7. The first kappa shape index (κ1) is 21.3. The number of hydrogen-bond acceptors (Lipinski definition) is 4. The molecule has 30 heavy (non-hydrogen) atoms. The molecular formula is C22H18ClFN2O4. The second-order valence-electron chi connectivity index (χ2n) is 6.46. The molecule has 2 N–H and O–H groups in total. The molecule has 0 saturated carbocycles. The number of pyridine rings is 1. The summed E-state index contributed by atoms with van der Waals surface area (Å²) in [5, 5.41) is 11.2. The van der Waals surface area contributed by atoms with Gasteiger partial charge in [0.25, 0.3) is 0 Å². The molecule has 2 aromatic carbocycles. The van der Waals surface area contributed by atoms with E-state index < -0.39 is 17.8 Å². The number of carboxylic acid groups (broad SMARTS) is 1. The Morgan fingerprint density at radius 2 is 1.97 bits per heavy atom. The number of aromatic nitrogens is 1. The largest absolute Gasteiger partial charge is 0.481 e. The zero-order chi connectivity index (χ0) is 21.7. The SMILES string of the molecule is COc1ccc(C(=O)CC(c2ccc(NC(=O)O)c(F)c2)c2ccccc2Cl)cn1. The second kappa shape index (κ2) is 9.37. The fraction of sp³-hybridized carbons (Fsp3) is 0.136. The van der Waals surface area contributed by atoms with E-state index >= 15 is 0 Å². The van der Waals surface area contributed by atoms with Crippen molar-refractivity contribution in [3.63, 3.8) is 0 Å². The topological polar surface area (TPSA) is 88.5 Å². The Balaban J connectivity index is 1.97. The molecule has 1 unspecified atom stereocenters. The van der Waals surface area contributed by atoms with Crippen LogP contribution in [-0.4, -0.2) is 29.1 Å². The molecular weight excluding hydrogens is 411 g/mol. The number of hydrogen-bond donors (Lipinski definition) is 2. The first-order valence-corrected chi connectivity index (χ1v) is 9.34.